The molecule has 1 heterocycles. The Kier molecular flexibility index (Phi) is 6.14. The van der Waals surface area contributed by atoms with Crippen LogP contribution in [0.5, 0.6) is 0 Å². The number of rotatable bonds is 3. The zero-order chi connectivity index (χ0) is 16.1. The molecule has 0 unspecified atom stereocenters. The van der Waals surface area contributed by atoms with Crippen molar-refractivity contribution in [3.63, 3.8) is 0 Å². The smallest absolute Gasteiger partial charge is 0.234 e. The van der Waals surface area contributed by atoms with Crippen LogP contribution in [0.25, 0.3) is 0 Å². The number of benzene rings is 1. The van der Waals surface area contributed by atoms with Gasteiger partial charge < -0.3 is 10.2 Å². The molecule has 1 saturated heterocycles. The van der Waals surface area contributed by atoms with Crippen LogP contribution >= 0.6 is 24.0 Å². The van der Waals surface area contributed by atoms with Gasteiger partial charge in [0, 0.05) is 19.2 Å². The molecule has 2 rings (SSSR count). The van der Waals surface area contributed by atoms with Gasteiger partial charge >= 0.3 is 0 Å². The summed E-state index contributed by atoms with van der Waals surface area (Å²) >= 11 is 6.59. The standard InChI is InChI=1S/C15H18F2N2OS2/c1-10-4-6-19(7-5-10)15(21)22-9-14(20)18-13-3-2-11(16)8-12(13)17/h2-3,8,10H,4-7,9H2,1H3,(H,18,20). The fourth-order valence-corrected chi connectivity index (χ4v) is 3.24. The topological polar surface area (TPSA) is 32.3 Å². The van der Waals surface area contributed by atoms with Crippen LogP contribution in [0, 0.1) is 17.6 Å². The third-order valence-corrected chi connectivity index (χ3v) is 5.10. The third kappa shape index (κ3) is 4.91. The summed E-state index contributed by atoms with van der Waals surface area (Å²) in [5.41, 5.74) is -0.0234. The van der Waals surface area contributed by atoms with Crippen molar-refractivity contribution in [2.75, 3.05) is 24.2 Å². The number of nitrogens with zero attached hydrogens (tertiary/aromatic N) is 1. The Morgan fingerprint density at radius 2 is 2.09 bits per heavy atom. The first kappa shape index (κ1) is 17.1. The van der Waals surface area contributed by atoms with E-state index in [1.54, 1.807) is 0 Å². The summed E-state index contributed by atoms with van der Waals surface area (Å²) in [5, 5.41) is 2.42. The van der Waals surface area contributed by atoms with Gasteiger partial charge in [0.25, 0.3) is 0 Å². The number of thiocarbonyl (C=S) groups is 1. The molecule has 1 aromatic rings. The molecule has 0 bridgehead atoms. The first-order valence-electron chi connectivity index (χ1n) is 7.12. The van der Waals surface area contributed by atoms with Crippen molar-refractivity contribution in [3.05, 3.63) is 29.8 Å². The van der Waals surface area contributed by atoms with Gasteiger partial charge in [-0.1, -0.05) is 30.9 Å². The van der Waals surface area contributed by atoms with Gasteiger partial charge in [-0.2, -0.15) is 0 Å². The molecule has 0 atom stereocenters. The number of hydrogen-bond donors (Lipinski definition) is 1. The highest BCUT2D eigenvalue weighted by molar-refractivity contribution is 8.23. The number of anilines is 1. The van der Waals surface area contributed by atoms with Crippen molar-refractivity contribution in [1.29, 1.82) is 0 Å². The molecule has 1 aromatic carbocycles. The molecular weight excluding hydrogens is 326 g/mol. The van der Waals surface area contributed by atoms with E-state index in [0.717, 1.165) is 38.1 Å². The summed E-state index contributed by atoms with van der Waals surface area (Å²) in [4.78, 5) is 13.9. The minimum absolute atomic E-state index is 0.0234. The van der Waals surface area contributed by atoms with Crippen LogP contribution in [0.15, 0.2) is 18.2 Å². The van der Waals surface area contributed by atoms with Gasteiger partial charge in [-0.3, -0.25) is 4.79 Å². The normalized spacial score (nSPS) is 15.7. The third-order valence-electron chi connectivity index (χ3n) is 3.57. The Bertz CT molecular complexity index is 560. The second-order valence-corrected chi connectivity index (χ2v) is 7.01. The van der Waals surface area contributed by atoms with E-state index in [9.17, 15) is 13.6 Å². The minimum Gasteiger partial charge on any atom is -0.357 e. The number of amides is 1. The highest BCUT2D eigenvalue weighted by Crippen LogP contribution is 2.21. The van der Waals surface area contributed by atoms with Crippen molar-refractivity contribution < 1.29 is 13.6 Å². The summed E-state index contributed by atoms with van der Waals surface area (Å²) in [6.07, 6.45) is 2.21. The number of nitrogens with one attached hydrogen (secondary N) is 1. The van der Waals surface area contributed by atoms with Crippen LogP contribution in [-0.2, 0) is 4.79 Å². The molecule has 3 nitrogen and oxygen atoms in total. The zero-order valence-corrected chi connectivity index (χ0v) is 13.9. The molecule has 7 heteroatoms. The Morgan fingerprint density at radius 3 is 2.73 bits per heavy atom. The number of carbonyl (C=O) groups excluding carboxylic acids is 1. The van der Waals surface area contributed by atoms with E-state index in [1.807, 2.05) is 0 Å². The maximum atomic E-state index is 13.4. The lowest BCUT2D eigenvalue weighted by molar-refractivity contribution is -0.113. The average molecular weight is 344 g/mol. The van der Waals surface area contributed by atoms with Gasteiger partial charge in [-0.15, -0.1) is 0 Å². The molecule has 0 radical (unpaired) electrons. The van der Waals surface area contributed by atoms with Crippen LogP contribution in [-0.4, -0.2) is 34.0 Å². The van der Waals surface area contributed by atoms with E-state index in [-0.39, 0.29) is 17.3 Å². The lowest BCUT2D eigenvalue weighted by Gasteiger charge is -2.31. The number of likely N-dealkylation sites (tertiary alicyclic amines) is 1. The number of halogens is 2. The monoisotopic (exact) mass is 344 g/mol. The average Bonchev–Trinajstić information content (AvgIpc) is 2.48. The molecule has 1 aliphatic rings. The minimum atomic E-state index is -0.786. The Hall–Kier alpha value is -1.21. The van der Waals surface area contributed by atoms with Gasteiger partial charge in [0.15, 0.2) is 0 Å². The summed E-state index contributed by atoms with van der Waals surface area (Å²) in [5.74, 6) is -0.991. The van der Waals surface area contributed by atoms with Crippen LogP contribution < -0.4 is 5.32 Å². The summed E-state index contributed by atoms with van der Waals surface area (Å²) in [6, 6.07) is 3.05. The highest BCUT2D eigenvalue weighted by Gasteiger charge is 2.19. The Balaban J connectivity index is 1.79. The maximum Gasteiger partial charge on any atom is 0.234 e. The molecule has 22 heavy (non-hydrogen) atoms. The quantitative estimate of drug-likeness (QED) is 0.849. The largest absolute Gasteiger partial charge is 0.357 e. The van der Waals surface area contributed by atoms with E-state index in [4.69, 9.17) is 12.2 Å². The number of piperidine rings is 1. The summed E-state index contributed by atoms with van der Waals surface area (Å²) < 4.78 is 26.9. The van der Waals surface area contributed by atoms with Crippen LogP contribution in [0.3, 0.4) is 0 Å². The van der Waals surface area contributed by atoms with Crippen molar-refractivity contribution in [2.45, 2.75) is 19.8 Å². The first-order valence-corrected chi connectivity index (χ1v) is 8.51. The summed E-state index contributed by atoms with van der Waals surface area (Å²) in [7, 11) is 0. The predicted octanol–water partition coefficient (Wildman–Crippen LogP) is 3.65. The van der Waals surface area contributed by atoms with Gasteiger partial charge in [0.1, 0.15) is 16.0 Å². The second kappa shape index (κ2) is 7.87. The maximum absolute atomic E-state index is 13.4. The molecule has 0 saturated carbocycles. The number of carbonyl (C=O) groups is 1. The molecular formula is C15H18F2N2OS2. The lowest BCUT2D eigenvalue weighted by atomic mass is 10.00. The molecule has 0 spiro atoms. The predicted molar refractivity (Wildman–Crippen MR) is 90.0 cm³/mol. The van der Waals surface area contributed by atoms with E-state index in [1.165, 1.54) is 17.8 Å². The van der Waals surface area contributed by atoms with Crippen molar-refractivity contribution in [3.8, 4) is 0 Å². The molecule has 0 aliphatic carbocycles. The van der Waals surface area contributed by atoms with Crippen LogP contribution in [0.2, 0.25) is 0 Å². The van der Waals surface area contributed by atoms with Gasteiger partial charge in [0.05, 0.1) is 11.4 Å². The molecule has 1 N–H and O–H groups in total. The molecule has 1 aliphatic heterocycles. The molecule has 0 aromatic heterocycles. The Labute approximate surface area is 138 Å². The SMILES string of the molecule is CC1CCN(C(=S)SCC(=O)Nc2ccc(F)cc2F)CC1. The molecule has 1 amide bonds. The van der Waals surface area contributed by atoms with Crippen molar-refractivity contribution in [2.24, 2.45) is 5.92 Å². The van der Waals surface area contributed by atoms with Crippen LogP contribution in [0.4, 0.5) is 14.5 Å². The first-order chi connectivity index (χ1) is 10.5. The number of hydrogen-bond acceptors (Lipinski definition) is 3. The highest BCUT2D eigenvalue weighted by atomic mass is 32.2. The lowest BCUT2D eigenvalue weighted by Crippen LogP contribution is -2.36. The summed E-state index contributed by atoms with van der Waals surface area (Å²) in [6.45, 7) is 4.06. The van der Waals surface area contributed by atoms with Gasteiger partial charge in [-0.05, 0) is 30.9 Å². The zero-order valence-electron chi connectivity index (χ0n) is 12.3. The van der Waals surface area contributed by atoms with Crippen LogP contribution in [0.1, 0.15) is 19.8 Å². The second-order valence-electron chi connectivity index (χ2n) is 5.40. The number of thioether (sulfide) groups is 1. The van der Waals surface area contributed by atoms with Crippen molar-refractivity contribution >= 4 is 39.9 Å². The van der Waals surface area contributed by atoms with E-state index in [0.29, 0.717) is 10.2 Å². The van der Waals surface area contributed by atoms with Crippen molar-refractivity contribution in [1.82, 2.24) is 4.90 Å². The fraction of sp³-hybridized carbons (Fsp3) is 0.467. The Morgan fingerprint density at radius 1 is 1.41 bits per heavy atom. The van der Waals surface area contributed by atoms with E-state index in [2.05, 4.69) is 17.1 Å². The van der Waals surface area contributed by atoms with E-state index < -0.39 is 11.6 Å². The van der Waals surface area contributed by atoms with Gasteiger partial charge in [-0.25, -0.2) is 8.78 Å². The van der Waals surface area contributed by atoms with Gasteiger partial charge in [0.2, 0.25) is 5.91 Å². The molecule has 120 valence electrons. The fourth-order valence-electron chi connectivity index (χ4n) is 2.19. The van der Waals surface area contributed by atoms with E-state index >= 15 is 0 Å². The molecule has 1 fully saturated rings.